The molecular formula is C15H18N4OS. The Kier molecular flexibility index (Phi) is 4.17. The summed E-state index contributed by atoms with van der Waals surface area (Å²) < 4.78 is 0. The van der Waals surface area contributed by atoms with E-state index in [9.17, 15) is 4.79 Å². The standard InChI is InChI=1S/C15H18N4OS/c16-11-5-3-10(4-6-11)8-18-14(20)13-9-21-15(19-13)12-2-1-7-17-12/h3-6,9,12,17H,1-2,7-8,16H2,(H,18,20). The van der Waals surface area contributed by atoms with Crippen LogP contribution in [0, 0.1) is 0 Å². The summed E-state index contributed by atoms with van der Waals surface area (Å²) in [6, 6.07) is 7.78. The molecule has 1 aromatic carbocycles. The van der Waals surface area contributed by atoms with Crippen LogP contribution in [0.15, 0.2) is 29.6 Å². The Balaban J connectivity index is 1.59. The quantitative estimate of drug-likeness (QED) is 0.755. The molecule has 1 atom stereocenters. The second-order valence-corrected chi connectivity index (χ2v) is 6.03. The van der Waals surface area contributed by atoms with Crippen LogP contribution in [0.25, 0.3) is 0 Å². The van der Waals surface area contributed by atoms with Gasteiger partial charge in [-0.05, 0) is 37.1 Å². The largest absolute Gasteiger partial charge is 0.399 e. The van der Waals surface area contributed by atoms with Crippen LogP contribution in [0.5, 0.6) is 0 Å². The SMILES string of the molecule is Nc1ccc(CNC(=O)c2csc(C3CCCN3)n2)cc1. The maximum Gasteiger partial charge on any atom is 0.271 e. The van der Waals surface area contributed by atoms with Gasteiger partial charge in [0.1, 0.15) is 10.7 Å². The second kappa shape index (κ2) is 6.24. The molecule has 1 fully saturated rings. The van der Waals surface area contributed by atoms with Gasteiger partial charge in [-0.1, -0.05) is 12.1 Å². The number of nitrogens with one attached hydrogen (secondary N) is 2. The average Bonchev–Trinajstić information content (AvgIpc) is 3.17. The van der Waals surface area contributed by atoms with Gasteiger partial charge in [0.15, 0.2) is 0 Å². The van der Waals surface area contributed by atoms with Crippen molar-refractivity contribution in [1.82, 2.24) is 15.6 Å². The predicted octanol–water partition coefficient (Wildman–Crippen LogP) is 2.08. The minimum Gasteiger partial charge on any atom is -0.399 e. The Morgan fingerprint density at radius 2 is 2.24 bits per heavy atom. The molecule has 1 aliphatic rings. The number of hydrogen-bond acceptors (Lipinski definition) is 5. The molecule has 110 valence electrons. The summed E-state index contributed by atoms with van der Waals surface area (Å²) in [4.78, 5) is 16.5. The van der Waals surface area contributed by atoms with Crippen molar-refractivity contribution in [3.63, 3.8) is 0 Å². The lowest BCUT2D eigenvalue weighted by atomic mass is 10.2. The van der Waals surface area contributed by atoms with Gasteiger partial charge in [0.2, 0.25) is 0 Å². The van der Waals surface area contributed by atoms with Crippen LogP contribution in [-0.4, -0.2) is 17.4 Å². The van der Waals surface area contributed by atoms with Gasteiger partial charge in [-0.25, -0.2) is 4.98 Å². The van der Waals surface area contributed by atoms with Crippen molar-refractivity contribution < 1.29 is 4.79 Å². The second-order valence-electron chi connectivity index (χ2n) is 5.14. The number of nitrogens with two attached hydrogens (primary N) is 1. The summed E-state index contributed by atoms with van der Waals surface area (Å²) in [5.74, 6) is -0.132. The first-order chi connectivity index (χ1) is 10.2. The number of rotatable bonds is 4. The van der Waals surface area contributed by atoms with Crippen molar-refractivity contribution in [1.29, 1.82) is 0 Å². The maximum absolute atomic E-state index is 12.1. The molecule has 6 heteroatoms. The molecule has 0 radical (unpaired) electrons. The highest BCUT2D eigenvalue weighted by molar-refractivity contribution is 7.09. The molecule has 21 heavy (non-hydrogen) atoms. The van der Waals surface area contributed by atoms with Gasteiger partial charge in [-0.15, -0.1) is 11.3 Å². The number of nitrogen functional groups attached to an aromatic ring is 1. The van der Waals surface area contributed by atoms with Gasteiger partial charge in [0.05, 0.1) is 6.04 Å². The number of thiazole rings is 1. The van der Waals surface area contributed by atoms with Crippen molar-refractivity contribution in [3.05, 3.63) is 45.9 Å². The Morgan fingerprint density at radius 1 is 1.43 bits per heavy atom. The highest BCUT2D eigenvalue weighted by Crippen LogP contribution is 2.25. The number of anilines is 1. The van der Waals surface area contributed by atoms with Crippen molar-refractivity contribution >= 4 is 22.9 Å². The van der Waals surface area contributed by atoms with E-state index >= 15 is 0 Å². The average molecular weight is 302 g/mol. The number of carbonyl (C=O) groups excluding carboxylic acids is 1. The molecule has 1 aromatic heterocycles. The molecule has 4 N–H and O–H groups in total. The summed E-state index contributed by atoms with van der Waals surface area (Å²) in [6.07, 6.45) is 2.27. The van der Waals surface area contributed by atoms with Crippen LogP contribution < -0.4 is 16.4 Å². The topological polar surface area (TPSA) is 80.0 Å². The van der Waals surface area contributed by atoms with Gasteiger partial charge in [0.25, 0.3) is 5.91 Å². The predicted molar refractivity (Wildman–Crippen MR) is 84.1 cm³/mol. The van der Waals surface area contributed by atoms with Crippen LogP contribution in [0.3, 0.4) is 0 Å². The number of hydrogen-bond donors (Lipinski definition) is 3. The molecule has 0 bridgehead atoms. The van der Waals surface area contributed by atoms with Crippen LogP contribution in [0.4, 0.5) is 5.69 Å². The van der Waals surface area contributed by atoms with E-state index in [-0.39, 0.29) is 5.91 Å². The molecule has 5 nitrogen and oxygen atoms in total. The van der Waals surface area contributed by atoms with Crippen molar-refractivity contribution in [2.45, 2.75) is 25.4 Å². The third-order valence-electron chi connectivity index (χ3n) is 3.55. The summed E-state index contributed by atoms with van der Waals surface area (Å²) in [6.45, 7) is 1.51. The lowest BCUT2D eigenvalue weighted by Gasteiger charge is -2.05. The van der Waals surface area contributed by atoms with Gasteiger partial charge in [-0.3, -0.25) is 4.79 Å². The zero-order valence-electron chi connectivity index (χ0n) is 11.6. The number of nitrogens with zero attached hydrogens (tertiary/aromatic N) is 1. The van der Waals surface area contributed by atoms with Crippen molar-refractivity contribution in [2.75, 3.05) is 12.3 Å². The molecular weight excluding hydrogens is 284 g/mol. The maximum atomic E-state index is 12.1. The van der Waals surface area contributed by atoms with Crippen LogP contribution in [0.1, 0.15) is 39.9 Å². The van der Waals surface area contributed by atoms with E-state index in [2.05, 4.69) is 15.6 Å². The normalized spacial score (nSPS) is 17.8. The number of benzene rings is 1. The van der Waals surface area contributed by atoms with E-state index < -0.39 is 0 Å². The highest BCUT2D eigenvalue weighted by atomic mass is 32.1. The summed E-state index contributed by atoms with van der Waals surface area (Å²) in [5.41, 5.74) is 7.87. The fourth-order valence-corrected chi connectivity index (χ4v) is 3.26. The van der Waals surface area contributed by atoms with E-state index in [1.165, 1.54) is 6.42 Å². The van der Waals surface area contributed by atoms with E-state index in [0.717, 1.165) is 29.2 Å². The molecule has 3 rings (SSSR count). The van der Waals surface area contributed by atoms with E-state index in [1.54, 1.807) is 11.3 Å². The minimum atomic E-state index is -0.132. The fourth-order valence-electron chi connectivity index (χ4n) is 2.36. The van der Waals surface area contributed by atoms with E-state index in [0.29, 0.717) is 18.3 Å². The Bertz CT molecular complexity index is 617. The molecule has 2 heterocycles. The Morgan fingerprint density at radius 3 is 2.95 bits per heavy atom. The van der Waals surface area contributed by atoms with Gasteiger partial charge < -0.3 is 16.4 Å². The third kappa shape index (κ3) is 3.40. The smallest absolute Gasteiger partial charge is 0.271 e. The van der Waals surface area contributed by atoms with Crippen molar-refractivity contribution in [3.8, 4) is 0 Å². The van der Waals surface area contributed by atoms with Crippen LogP contribution in [-0.2, 0) is 6.54 Å². The summed E-state index contributed by atoms with van der Waals surface area (Å²) >= 11 is 1.55. The van der Waals surface area contributed by atoms with E-state index in [4.69, 9.17) is 5.73 Å². The Labute approximate surface area is 127 Å². The molecule has 0 spiro atoms. The lowest BCUT2D eigenvalue weighted by molar-refractivity contribution is 0.0946. The van der Waals surface area contributed by atoms with Crippen LogP contribution in [0.2, 0.25) is 0 Å². The molecule has 0 saturated carbocycles. The molecule has 1 unspecified atom stereocenters. The molecule has 1 amide bonds. The zero-order valence-corrected chi connectivity index (χ0v) is 12.5. The van der Waals surface area contributed by atoms with Gasteiger partial charge in [0, 0.05) is 17.6 Å². The summed E-state index contributed by atoms with van der Waals surface area (Å²) in [5, 5.41) is 9.11. The van der Waals surface area contributed by atoms with E-state index in [1.807, 2.05) is 29.6 Å². The first-order valence-electron chi connectivity index (χ1n) is 7.04. The molecule has 1 aliphatic heterocycles. The van der Waals surface area contributed by atoms with Gasteiger partial charge in [-0.2, -0.15) is 0 Å². The Hall–Kier alpha value is -1.92. The first kappa shape index (κ1) is 14.0. The number of carbonyl (C=O) groups is 1. The lowest BCUT2D eigenvalue weighted by Crippen LogP contribution is -2.23. The first-order valence-corrected chi connectivity index (χ1v) is 7.92. The summed E-state index contributed by atoms with van der Waals surface area (Å²) in [7, 11) is 0. The van der Waals surface area contributed by atoms with Gasteiger partial charge >= 0.3 is 0 Å². The monoisotopic (exact) mass is 302 g/mol. The number of aromatic nitrogens is 1. The zero-order chi connectivity index (χ0) is 14.7. The van der Waals surface area contributed by atoms with Crippen molar-refractivity contribution in [2.24, 2.45) is 0 Å². The molecule has 1 saturated heterocycles. The fraction of sp³-hybridized carbons (Fsp3) is 0.333. The van der Waals surface area contributed by atoms with Crippen LogP contribution >= 0.6 is 11.3 Å². The molecule has 2 aromatic rings. The highest BCUT2D eigenvalue weighted by Gasteiger charge is 2.20. The number of amides is 1. The molecule has 0 aliphatic carbocycles. The minimum absolute atomic E-state index is 0.132. The third-order valence-corrected chi connectivity index (χ3v) is 4.50.